The normalized spacial score (nSPS) is 20.9. The van der Waals surface area contributed by atoms with Gasteiger partial charge in [0, 0.05) is 19.1 Å². The van der Waals surface area contributed by atoms with E-state index in [9.17, 15) is 0 Å². The molecule has 120 valence electrons. The number of nitrogens with zero attached hydrogens (tertiary/aromatic N) is 1. The number of halogens is 1. The molecule has 0 radical (unpaired) electrons. The van der Waals surface area contributed by atoms with Gasteiger partial charge in [0.15, 0.2) is 0 Å². The number of hydrogen-bond acceptors (Lipinski definition) is 3. The van der Waals surface area contributed by atoms with Crippen molar-refractivity contribution in [1.29, 1.82) is 0 Å². The van der Waals surface area contributed by atoms with E-state index in [0.29, 0.717) is 12.0 Å². The Morgan fingerprint density at radius 2 is 1.90 bits per heavy atom. The summed E-state index contributed by atoms with van der Waals surface area (Å²) in [5.74, 6) is 1.60. The van der Waals surface area contributed by atoms with Gasteiger partial charge < -0.3 is 10.5 Å². The molecule has 0 aliphatic carbocycles. The van der Waals surface area contributed by atoms with E-state index in [1.54, 1.807) is 0 Å². The van der Waals surface area contributed by atoms with Crippen LogP contribution in [0.2, 0.25) is 0 Å². The predicted octanol–water partition coefficient (Wildman–Crippen LogP) is 3.45. The average molecular weight is 313 g/mol. The Labute approximate surface area is 135 Å². The number of nitrogens with two attached hydrogens (primary N) is 1. The second-order valence-corrected chi connectivity index (χ2v) is 6.31. The molecule has 1 aliphatic heterocycles. The number of rotatable bonds is 5. The monoisotopic (exact) mass is 312 g/mol. The molecule has 1 aliphatic rings. The minimum atomic E-state index is 0. The molecule has 2 rings (SSSR count). The van der Waals surface area contributed by atoms with Gasteiger partial charge in [0.25, 0.3) is 0 Å². The first-order valence-corrected chi connectivity index (χ1v) is 7.78. The van der Waals surface area contributed by atoms with Crippen LogP contribution in [0.3, 0.4) is 0 Å². The standard InChI is InChI=1S/C17H28N2O.ClH/c1-13(2)20-17-8-6-15(7-9-17)11-19-10-4-5-16(12-19)14(3)18;/h6-9,13-14,16H,4-5,10-12,18H2,1-3H3;1H. The third-order valence-electron chi connectivity index (χ3n) is 3.99. The summed E-state index contributed by atoms with van der Waals surface area (Å²) in [5.41, 5.74) is 7.40. The van der Waals surface area contributed by atoms with E-state index in [1.807, 2.05) is 0 Å². The highest BCUT2D eigenvalue weighted by Crippen LogP contribution is 2.21. The fourth-order valence-electron chi connectivity index (χ4n) is 2.87. The maximum atomic E-state index is 6.05. The molecule has 3 nitrogen and oxygen atoms in total. The van der Waals surface area contributed by atoms with Gasteiger partial charge in [-0.1, -0.05) is 12.1 Å². The Morgan fingerprint density at radius 3 is 2.48 bits per heavy atom. The van der Waals surface area contributed by atoms with Crippen LogP contribution in [0.25, 0.3) is 0 Å². The lowest BCUT2D eigenvalue weighted by atomic mass is 9.92. The van der Waals surface area contributed by atoms with Gasteiger partial charge >= 0.3 is 0 Å². The third kappa shape index (κ3) is 5.85. The third-order valence-corrected chi connectivity index (χ3v) is 3.99. The summed E-state index contributed by atoms with van der Waals surface area (Å²) in [5, 5.41) is 0. The average Bonchev–Trinajstić information content (AvgIpc) is 2.41. The summed E-state index contributed by atoms with van der Waals surface area (Å²) in [6.45, 7) is 9.57. The van der Waals surface area contributed by atoms with E-state index in [0.717, 1.165) is 18.8 Å². The zero-order chi connectivity index (χ0) is 14.5. The zero-order valence-electron chi connectivity index (χ0n) is 13.4. The second kappa shape index (κ2) is 8.62. The molecule has 4 heteroatoms. The number of likely N-dealkylation sites (tertiary alicyclic amines) is 1. The molecule has 0 saturated carbocycles. The molecule has 0 aromatic heterocycles. The van der Waals surface area contributed by atoms with Crippen molar-refractivity contribution in [2.45, 2.75) is 52.3 Å². The molecule has 1 heterocycles. The first-order chi connectivity index (χ1) is 9.54. The topological polar surface area (TPSA) is 38.5 Å². The highest BCUT2D eigenvalue weighted by Gasteiger charge is 2.22. The molecular weight excluding hydrogens is 284 g/mol. The van der Waals surface area contributed by atoms with Crippen LogP contribution in [0, 0.1) is 5.92 Å². The van der Waals surface area contributed by atoms with Gasteiger partial charge in [-0.15, -0.1) is 12.4 Å². The molecule has 2 N–H and O–H groups in total. The lowest BCUT2D eigenvalue weighted by Crippen LogP contribution is -2.41. The lowest BCUT2D eigenvalue weighted by Gasteiger charge is -2.34. The van der Waals surface area contributed by atoms with Crippen LogP contribution in [-0.2, 0) is 6.54 Å². The van der Waals surface area contributed by atoms with Gasteiger partial charge in [0.05, 0.1) is 6.10 Å². The SMILES string of the molecule is CC(C)Oc1ccc(CN2CCCC(C(C)N)C2)cc1.Cl. The molecule has 1 aromatic carbocycles. The van der Waals surface area contributed by atoms with Crippen molar-refractivity contribution in [3.63, 3.8) is 0 Å². The van der Waals surface area contributed by atoms with E-state index >= 15 is 0 Å². The summed E-state index contributed by atoms with van der Waals surface area (Å²) in [4.78, 5) is 2.52. The van der Waals surface area contributed by atoms with Crippen molar-refractivity contribution >= 4 is 12.4 Å². The van der Waals surface area contributed by atoms with Crippen molar-refractivity contribution < 1.29 is 4.74 Å². The molecule has 0 spiro atoms. The largest absolute Gasteiger partial charge is 0.491 e. The Hall–Kier alpha value is -0.770. The quantitative estimate of drug-likeness (QED) is 0.905. The van der Waals surface area contributed by atoms with Crippen molar-refractivity contribution in [3.8, 4) is 5.75 Å². The molecule has 21 heavy (non-hydrogen) atoms. The number of piperidine rings is 1. The van der Waals surface area contributed by atoms with Gasteiger partial charge in [0.1, 0.15) is 5.75 Å². The molecular formula is C17H29ClN2O. The van der Waals surface area contributed by atoms with Crippen LogP contribution in [0.15, 0.2) is 24.3 Å². The van der Waals surface area contributed by atoms with Crippen LogP contribution in [0.5, 0.6) is 5.75 Å². The Kier molecular flexibility index (Phi) is 7.50. The van der Waals surface area contributed by atoms with Gasteiger partial charge in [-0.2, -0.15) is 0 Å². The summed E-state index contributed by atoms with van der Waals surface area (Å²) in [6, 6.07) is 8.80. The molecule has 1 saturated heterocycles. The number of hydrogen-bond donors (Lipinski definition) is 1. The lowest BCUT2D eigenvalue weighted by molar-refractivity contribution is 0.154. The highest BCUT2D eigenvalue weighted by molar-refractivity contribution is 5.85. The van der Waals surface area contributed by atoms with E-state index in [1.165, 1.54) is 24.9 Å². The van der Waals surface area contributed by atoms with Crippen molar-refractivity contribution in [1.82, 2.24) is 4.90 Å². The molecule has 2 unspecified atom stereocenters. The summed E-state index contributed by atoms with van der Waals surface area (Å²) in [7, 11) is 0. The molecule has 1 fully saturated rings. The molecule has 2 atom stereocenters. The fourth-order valence-corrected chi connectivity index (χ4v) is 2.87. The van der Waals surface area contributed by atoms with Crippen LogP contribution in [0.1, 0.15) is 39.2 Å². The van der Waals surface area contributed by atoms with E-state index < -0.39 is 0 Å². The van der Waals surface area contributed by atoms with Gasteiger partial charge in [0.2, 0.25) is 0 Å². The van der Waals surface area contributed by atoms with E-state index in [2.05, 4.69) is 49.9 Å². The molecule has 1 aromatic rings. The van der Waals surface area contributed by atoms with Crippen LogP contribution in [-0.4, -0.2) is 30.1 Å². The molecule has 0 amide bonds. The van der Waals surface area contributed by atoms with E-state index in [-0.39, 0.29) is 18.5 Å². The molecule has 0 bridgehead atoms. The minimum Gasteiger partial charge on any atom is -0.491 e. The number of benzene rings is 1. The maximum Gasteiger partial charge on any atom is 0.119 e. The Morgan fingerprint density at radius 1 is 1.24 bits per heavy atom. The number of ether oxygens (including phenoxy) is 1. The summed E-state index contributed by atoms with van der Waals surface area (Å²) >= 11 is 0. The van der Waals surface area contributed by atoms with E-state index in [4.69, 9.17) is 10.5 Å². The van der Waals surface area contributed by atoms with Gasteiger partial charge in [-0.3, -0.25) is 4.90 Å². The zero-order valence-corrected chi connectivity index (χ0v) is 14.2. The summed E-state index contributed by atoms with van der Waals surface area (Å²) < 4.78 is 5.68. The highest BCUT2D eigenvalue weighted by atomic mass is 35.5. The van der Waals surface area contributed by atoms with Crippen LogP contribution < -0.4 is 10.5 Å². The Bertz CT molecular complexity index is 406. The first-order valence-electron chi connectivity index (χ1n) is 7.78. The van der Waals surface area contributed by atoms with Crippen molar-refractivity contribution in [3.05, 3.63) is 29.8 Å². The van der Waals surface area contributed by atoms with Gasteiger partial charge in [-0.05, 0) is 63.8 Å². The summed E-state index contributed by atoms with van der Waals surface area (Å²) in [6.07, 6.45) is 2.77. The second-order valence-electron chi connectivity index (χ2n) is 6.31. The Balaban J connectivity index is 0.00000220. The maximum absolute atomic E-state index is 6.05. The smallest absolute Gasteiger partial charge is 0.119 e. The van der Waals surface area contributed by atoms with Gasteiger partial charge in [-0.25, -0.2) is 0 Å². The van der Waals surface area contributed by atoms with Crippen LogP contribution >= 0.6 is 12.4 Å². The first kappa shape index (κ1) is 18.3. The fraction of sp³-hybridized carbons (Fsp3) is 0.647. The predicted molar refractivity (Wildman–Crippen MR) is 91.1 cm³/mol. The van der Waals surface area contributed by atoms with Crippen LogP contribution in [0.4, 0.5) is 0 Å². The van der Waals surface area contributed by atoms with Crippen molar-refractivity contribution in [2.75, 3.05) is 13.1 Å². The minimum absolute atomic E-state index is 0. The van der Waals surface area contributed by atoms with Crippen molar-refractivity contribution in [2.24, 2.45) is 11.7 Å².